The second-order valence-electron chi connectivity index (χ2n) is 21.6. The van der Waals surface area contributed by atoms with E-state index in [0.717, 1.165) is 103 Å². The summed E-state index contributed by atoms with van der Waals surface area (Å²) in [6.07, 6.45) is 79.6. The van der Waals surface area contributed by atoms with Gasteiger partial charge < -0.3 is 14.2 Å². The maximum absolute atomic E-state index is 12.9. The SMILES string of the molecule is CC/C=C\C/C=C\C/C=C\C/C=C\CCCCCCCCCCC(=O)OC(COC(=O)CCCCCCC/C=C\CCC)COC(=O)CCCCCCCCCCCCCCCCCCCCCCCCCCC. The van der Waals surface area contributed by atoms with Gasteiger partial charge in [-0.1, -0.05) is 300 Å². The van der Waals surface area contributed by atoms with Gasteiger partial charge in [-0.2, -0.15) is 0 Å². The predicted octanol–water partition coefficient (Wildman–Crippen LogP) is 21.9. The van der Waals surface area contributed by atoms with Gasteiger partial charge in [0.05, 0.1) is 0 Å². The van der Waals surface area contributed by atoms with Crippen LogP contribution in [0.4, 0.5) is 0 Å². The smallest absolute Gasteiger partial charge is 0.306 e. The molecule has 0 spiro atoms. The molecule has 0 aliphatic rings. The minimum Gasteiger partial charge on any atom is -0.462 e. The number of ether oxygens (including phenoxy) is 3. The lowest BCUT2D eigenvalue weighted by atomic mass is 10.0. The number of unbranched alkanes of at least 4 members (excludes halogenated alkanes) is 38. The molecule has 6 heteroatoms. The van der Waals surface area contributed by atoms with E-state index in [0.29, 0.717) is 19.3 Å². The molecule has 0 saturated carbocycles. The molecular weight excluding hydrogens is 913 g/mol. The molecule has 0 aromatic carbocycles. The van der Waals surface area contributed by atoms with Crippen molar-refractivity contribution in [2.75, 3.05) is 13.2 Å². The van der Waals surface area contributed by atoms with Crippen molar-refractivity contribution in [3.8, 4) is 0 Å². The fraction of sp³-hybridized carbons (Fsp3) is 0.809. The van der Waals surface area contributed by atoms with Crippen molar-refractivity contribution in [2.45, 2.75) is 341 Å². The Morgan fingerprint density at radius 1 is 0.284 bits per heavy atom. The molecule has 0 bridgehead atoms. The van der Waals surface area contributed by atoms with Crippen LogP contribution in [0.2, 0.25) is 0 Å². The van der Waals surface area contributed by atoms with E-state index in [4.69, 9.17) is 14.2 Å². The van der Waals surface area contributed by atoms with Crippen LogP contribution in [0.15, 0.2) is 60.8 Å². The topological polar surface area (TPSA) is 78.9 Å². The van der Waals surface area contributed by atoms with Crippen LogP contribution in [0.3, 0.4) is 0 Å². The zero-order valence-electron chi connectivity index (χ0n) is 49.4. The summed E-state index contributed by atoms with van der Waals surface area (Å²) < 4.78 is 16.9. The first kappa shape index (κ1) is 71.1. The molecule has 0 fully saturated rings. The predicted molar refractivity (Wildman–Crippen MR) is 321 cm³/mol. The van der Waals surface area contributed by atoms with Gasteiger partial charge in [0.1, 0.15) is 13.2 Å². The monoisotopic (exact) mass is 1030 g/mol. The number of hydrogen-bond donors (Lipinski definition) is 0. The summed E-state index contributed by atoms with van der Waals surface area (Å²) in [6, 6.07) is 0. The van der Waals surface area contributed by atoms with Crippen molar-refractivity contribution < 1.29 is 28.6 Å². The van der Waals surface area contributed by atoms with E-state index in [2.05, 4.69) is 81.5 Å². The second kappa shape index (κ2) is 62.6. The number of esters is 3. The maximum atomic E-state index is 12.9. The molecule has 0 heterocycles. The van der Waals surface area contributed by atoms with Gasteiger partial charge in [0.15, 0.2) is 6.10 Å². The Bertz CT molecular complexity index is 1330. The molecule has 0 radical (unpaired) electrons. The van der Waals surface area contributed by atoms with E-state index in [1.54, 1.807) is 0 Å². The Morgan fingerprint density at radius 2 is 0.554 bits per heavy atom. The van der Waals surface area contributed by atoms with Gasteiger partial charge in [-0.05, 0) is 77.0 Å². The first-order valence-electron chi connectivity index (χ1n) is 32.3. The molecule has 1 unspecified atom stereocenters. The quantitative estimate of drug-likeness (QED) is 0.0261. The van der Waals surface area contributed by atoms with Crippen molar-refractivity contribution in [3.05, 3.63) is 60.8 Å². The van der Waals surface area contributed by atoms with E-state index in [-0.39, 0.29) is 31.1 Å². The van der Waals surface area contributed by atoms with Crippen LogP contribution in [0.25, 0.3) is 0 Å². The Hall–Kier alpha value is -2.89. The standard InChI is InChI=1S/C68H122O6/c1-4-7-10-13-16-19-22-24-26-28-30-32-33-34-35-37-38-40-42-44-46-49-52-55-58-61-67(70)73-64-65(63-72-66(69)60-57-54-51-48-21-18-15-12-9-6-3)74-68(71)62-59-56-53-50-47-45-43-41-39-36-31-29-27-25-23-20-17-14-11-8-5-2/h8,11-12,15,17,20,25,27,31,36,65H,4-7,9-10,13-14,16,18-19,21-24,26,28-30,32-35,37-64H2,1-3H3/b11-8-,15-12-,20-17-,27-25-,36-31-. The number of rotatable bonds is 59. The summed E-state index contributed by atoms with van der Waals surface area (Å²) in [5.41, 5.74) is 0. The summed E-state index contributed by atoms with van der Waals surface area (Å²) in [7, 11) is 0. The minimum absolute atomic E-state index is 0.0771. The molecule has 430 valence electrons. The molecular formula is C68H122O6. The molecule has 0 aromatic heterocycles. The van der Waals surface area contributed by atoms with Crippen LogP contribution in [0.5, 0.6) is 0 Å². The van der Waals surface area contributed by atoms with Crippen molar-refractivity contribution in [2.24, 2.45) is 0 Å². The van der Waals surface area contributed by atoms with Gasteiger partial charge in [-0.15, -0.1) is 0 Å². The highest BCUT2D eigenvalue weighted by Gasteiger charge is 2.19. The van der Waals surface area contributed by atoms with E-state index >= 15 is 0 Å². The van der Waals surface area contributed by atoms with Crippen LogP contribution < -0.4 is 0 Å². The van der Waals surface area contributed by atoms with Crippen molar-refractivity contribution in [1.29, 1.82) is 0 Å². The number of carbonyl (C=O) groups is 3. The highest BCUT2D eigenvalue weighted by molar-refractivity contribution is 5.71. The Balaban J connectivity index is 4.20. The third kappa shape index (κ3) is 60.0. The molecule has 0 saturated heterocycles. The van der Waals surface area contributed by atoms with Gasteiger partial charge in [-0.25, -0.2) is 0 Å². The molecule has 0 aromatic rings. The summed E-state index contributed by atoms with van der Waals surface area (Å²) >= 11 is 0. The van der Waals surface area contributed by atoms with E-state index in [1.165, 1.54) is 193 Å². The van der Waals surface area contributed by atoms with Gasteiger partial charge in [0.25, 0.3) is 0 Å². The van der Waals surface area contributed by atoms with Gasteiger partial charge in [-0.3, -0.25) is 14.4 Å². The lowest BCUT2D eigenvalue weighted by Gasteiger charge is -2.18. The molecule has 0 rings (SSSR count). The Morgan fingerprint density at radius 3 is 0.892 bits per heavy atom. The second-order valence-corrected chi connectivity index (χ2v) is 21.6. The van der Waals surface area contributed by atoms with Crippen molar-refractivity contribution >= 4 is 17.9 Å². The average molecular weight is 1040 g/mol. The van der Waals surface area contributed by atoms with Crippen LogP contribution in [-0.4, -0.2) is 37.2 Å². The Kier molecular flexibility index (Phi) is 60.2. The highest BCUT2D eigenvalue weighted by atomic mass is 16.6. The molecule has 0 amide bonds. The fourth-order valence-electron chi connectivity index (χ4n) is 9.44. The molecule has 0 aliphatic carbocycles. The van der Waals surface area contributed by atoms with E-state index in [1.807, 2.05) is 0 Å². The Labute approximate surface area is 460 Å². The third-order valence-corrected chi connectivity index (χ3v) is 14.2. The third-order valence-electron chi connectivity index (χ3n) is 14.2. The number of hydrogen-bond acceptors (Lipinski definition) is 6. The average Bonchev–Trinajstić information content (AvgIpc) is 3.40. The molecule has 6 nitrogen and oxygen atoms in total. The van der Waals surface area contributed by atoms with Gasteiger partial charge in [0.2, 0.25) is 0 Å². The maximum Gasteiger partial charge on any atom is 0.306 e. The highest BCUT2D eigenvalue weighted by Crippen LogP contribution is 2.18. The number of carbonyl (C=O) groups excluding carboxylic acids is 3. The van der Waals surface area contributed by atoms with Gasteiger partial charge in [0, 0.05) is 19.3 Å². The van der Waals surface area contributed by atoms with E-state index < -0.39 is 6.10 Å². The first-order chi connectivity index (χ1) is 36.5. The lowest BCUT2D eigenvalue weighted by molar-refractivity contribution is -0.167. The number of allylic oxidation sites excluding steroid dienone is 10. The van der Waals surface area contributed by atoms with Crippen molar-refractivity contribution in [3.63, 3.8) is 0 Å². The summed E-state index contributed by atoms with van der Waals surface area (Å²) in [4.78, 5) is 38.2. The summed E-state index contributed by atoms with van der Waals surface area (Å²) in [5, 5.41) is 0. The van der Waals surface area contributed by atoms with Crippen LogP contribution in [-0.2, 0) is 28.6 Å². The summed E-state index contributed by atoms with van der Waals surface area (Å²) in [5.74, 6) is -0.880. The fourth-order valence-corrected chi connectivity index (χ4v) is 9.44. The molecule has 0 aliphatic heterocycles. The minimum atomic E-state index is -0.781. The zero-order valence-corrected chi connectivity index (χ0v) is 49.4. The molecule has 74 heavy (non-hydrogen) atoms. The summed E-state index contributed by atoms with van der Waals surface area (Å²) in [6.45, 7) is 6.50. The lowest BCUT2D eigenvalue weighted by Crippen LogP contribution is -2.30. The van der Waals surface area contributed by atoms with Gasteiger partial charge >= 0.3 is 17.9 Å². The van der Waals surface area contributed by atoms with E-state index in [9.17, 15) is 14.4 Å². The normalized spacial score (nSPS) is 12.4. The van der Waals surface area contributed by atoms with Crippen LogP contribution >= 0.6 is 0 Å². The molecule has 0 N–H and O–H groups in total. The van der Waals surface area contributed by atoms with Crippen molar-refractivity contribution in [1.82, 2.24) is 0 Å². The largest absolute Gasteiger partial charge is 0.462 e. The molecule has 1 atom stereocenters. The first-order valence-corrected chi connectivity index (χ1v) is 32.3. The van der Waals surface area contributed by atoms with Crippen LogP contribution in [0.1, 0.15) is 335 Å². The van der Waals surface area contributed by atoms with Crippen LogP contribution in [0, 0.1) is 0 Å². The zero-order chi connectivity index (χ0) is 53.6.